The zero-order chi connectivity index (χ0) is 15.8. The molecule has 0 aliphatic heterocycles. The maximum atomic E-state index is 11.7. The molecule has 0 aromatic heterocycles. The Hall–Kier alpha value is -2.61. The van der Waals surface area contributed by atoms with E-state index >= 15 is 0 Å². The summed E-state index contributed by atoms with van der Waals surface area (Å²) in [6.45, 7) is 4.53. The highest BCUT2D eigenvalue weighted by Gasteiger charge is 2.01. The van der Waals surface area contributed by atoms with Crippen LogP contribution < -0.4 is 5.32 Å². The second-order valence-corrected chi connectivity index (χ2v) is 5.17. The molecule has 0 aliphatic carbocycles. The molecular formula is C20H21NO. The van der Waals surface area contributed by atoms with Gasteiger partial charge < -0.3 is 5.32 Å². The fourth-order valence-corrected chi connectivity index (χ4v) is 2.19. The summed E-state index contributed by atoms with van der Waals surface area (Å²) in [4.78, 5) is 11.7. The summed E-state index contributed by atoms with van der Waals surface area (Å²) >= 11 is 0. The van der Waals surface area contributed by atoms with Crippen LogP contribution in [-0.2, 0) is 11.3 Å². The van der Waals surface area contributed by atoms with Crippen molar-refractivity contribution in [2.24, 2.45) is 0 Å². The van der Waals surface area contributed by atoms with Crippen molar-refractivity contribution in [2.75, 3.05) is 0 Å². The molecule has 0 radical (unpaired) electrons. The van der Waals surface area contributed by atoms with Crippen molar-refractivity contribution in [1.29, 1.82) is 0 Å². The number of hydrogen-bond donors (Lipinski definition) is 1. The Bertz CT molecular complexity index is 698. The van der Waals surface area contributed by atoms with E-state index < -0.39 is 0 Å². The standard InChI is InChI=1S/C20H21NO/c1-3-4-5-12-20(22)21-15-17-9-7-11-19(14-17)18-10-6-8-16(2)13-18/h3-14H,15H2,1-2H3,(H,21,22)/b4-3+,12-5+. The quantitative estimate of drug-likeness (QED) is 0.641. The van der Waals surface area contributed by atoms with E-state index in [2.05, 4.69) is 48.6 Å². The van der Waals surface area contributed by atoms with Crippen LogP contribution in [0, 0.1) is 6.92 Å². The average Bonchev–Trinajstić information content (AvgIpc) is 2.53. The molecule has 0 atom stereocenters. The first-order chi connectivity index (χ1) is 10.7. The number of amides is 1. The van der Waals surface area contributed by atoms with Gasteiger partial charge in [0.15, 0.2) is 0 Å². The van der Waals surface area contributed by atoms with Crippen molar-refractivity contribution in [3.8, 4) is 11.1 Å². The van der Waals surface area contributed by atoms with E-state index in [-0.39, 0.29) is 5.91 Å². The fourth-order valence-electron chi connectivity index (χ4n) is 2.19. The highest BCUT2D eigenvalue weighted by atomic mass is 16.1. The monoisotopic (exact) mass is 291 g/mol. The van der Waals surface area contributed by atoms with Gasteiger partial charge in [-0.1, -0.05) is 66.3 Å². The number of hydrogen-bond acceptors (Lipinski definition) is 1. The SMILES string of the molecule is C/C=C/C=C/C(=O)NCc1cccc(-c2cccc(C)c2)c1. The van der Waals surface area contributed by atoms with Gasteiger partial charge in [-0.05, 0) is 36.6 Å². The number of carbonyl (C=O) groups is 1. The van der Waals surface area contributed by atoms with Crippen LogP contribution in [0.15, 0.2) is 72.8 Å². The minimum absolute atomic E-state index is 0.0842. The Morgan fingerprint density at radius 3 is 2.50 bits per heavy atom. The number of benzene rings is 2. The van der Waals surface area contributed by atoms with E-state index in [1.165, 1.54) is 22.8 Å². The molecule has 2 nitrogen and oxygen atoms in total. The number of allylic oxidation sites excluding steroid dienone is 3. The van der Waals surface area contributed by atoms with E-state index in [0.717, 1.165) is 5.56 Å². The summed E-state index contributed by atoms with van der Waals surface area (Å²) < 4.78 is 0. The van der Waals surface area contributed by atoms with Crippen molar-refractivity contribution in [1.82, 2.24) is 5.32 Å². The molecule has 22 heavy (non-hydrogen) atoms. The topological polar surface area (TPSA) is 29.1 Å². The normalized spacial score (nSPS) is 11.2. The fraction of sp³-hybridized carbons (Fsp3) is 0.150. The Labute approximate surface area is 132 Å². The van der Waals surface area contributed by atoms with Gasteiger partial charge in [-0.3, -0.25) is 4.79 Å². The van der Waals surface area contributed by atoms with Crippen molar-refractivity contribution in [3.63, 3.8) is 0 Å². The van der Waals surface area contributed by atoms with Crippen LogP contribution in [-0.4, -0.2) is 5.91 Å². The van der Waals surface area contributed by atoms with Gasteiger partial charge in [-0.2, -0.15) is 0 Å². The van der Waals surface area contributed by atoms with Gasteiger partial charge >= 0.3 is 0 Å². The molecule has 1 N–H and O–H groups in total. The summed E-state index contributed by atoms with van der Waals surface area (Å²) in [6, 6.07) is 16.7. The van der Waals surface area contributed by atoms with Crippen LogP contribution in [0.5, 0.6) is 0 Å². The summed E-state index contributed by atoms with van der Waals surface area (Å²) in [5, 5.41) is 2.89. The van der Waals surface area contributed by atoms with Crippen LogP contribution in [0.1, 0.15) is 18.1 Å². The van der Waals surface area contributed by atoms with Crippen molar-refractivity contribution in [2.45, 2.75) is 20.4 Å². The van der Waals surface area contributed by atoms with E-state index in [1.807, 2.05) is 31.2 Å². The van der Waals surface area contributed by atoms with Crippen LogP contribution in [0.4, 0.5) is 0 Å². The summed E-state index contributed by atoms with van der Waals surface area (Å²) in [6.07, 6.45) is 6.98. The lowest BCUT2D eigenvalue weighted by Gasteiger charge is -2.07. The zero-order valence-electron chi connectivity index (χ0n) is 13.0. The first-order valence-electron chi connectivity index (χ1n) is 7.42. The Balaban J connectivity index is 2.04. The van der Waals surface area contributed by atoms with Gasteiger partial charge in [0.2, 0.25) is 5.91 Å². The molecule has 2 rings (SSSR count). The molecule has 112 valence electrons. The van der Waals surface area contributed by atoms with E-state index in [9.17, 15) is 4.79 Å². The number of aryl methyl sites for hydroxylation is 1. The third-order valence-electron chi connectivity index (χ3n) is 3.30. The lowest BCUT2D eigenvalue weighted by atomic mass is 10.0. The molecule has 0 unspecified atom stereocenters. The highest BCUT2D eigenvalue weighted by Crippen LogP contribution is 2.21. The molecule has 0 saturated carbocycles. The summed E-state index contributed by atoms with van der Waals surface area (Å²) in [7, 11) is 0. The molecule has 0 bridgehead atoms. The molecule has 0 aliphatic rings. The third-order valence-corrected chi connectivity index (χ3v) is 3.30. The van der Waals surface area contributed by atoms with Crippen molar-refractivity contribution in [3.05, 3.63) is 84.0 Å². The smallest absolute Gasteiger partial charge is 0.244 e. The van der Waals surface area contributed by atoms with Gasteiger partial charge in [0.1, 0.15) is 0 Å². The van der Waals surface area contributed by atoms with Crippen LogP contribution in [0.3, 0.4) is 0 Å². The molecule has 2 heteroatoms. The molecule has 0 fully saturated rings. The predicted octanol–water partition coefficient (Wildman–Crippen LogP) is 4.41. The van der Waals surface area contributed by atoms with Gasteiger partial charge in [-0.25, -0.2) is 0 Å². The lowest BCUT2D eigenvalue weighted by molar-refractivity contribution is -0.116. The van der Waals surface area contributed by atoms with E-state index in [0.29, 0.717) is 6.54 Å². The predicted molar refractivity (Wildman–Crippen MR) is 92.4 cm³/mol. The first kappa shape index (κ1) is 15.8. The molecule has 2 aromatic carbocycles. The Kier molecular flexibility index (Phi) is 5.73. The van der Waals surface area contributed by atoms with Crippen LogP contribution >= 0.6 is 0 Å². The molecule has 0 heterocycles. The molecular weight excluding hydrogens is 270 g/mol. The summed E-state index contributed by atoms with van der Waals surface area (Å²) in [5.41, 5.74) is 4.69. The van der Waals surface area contributed by atoms with E-state index in [1.54, 1.807) is 6.08 Å². The number of carbonyl (C=O) groups excluding carboxylic acids is 1. The zero-order valence-corrected chi connectivity index (χ0v) is 13.0. The van der Waals surface area contributed by atoms with Gasteiger partial charge in [0, 0.05) is 12.6 Å². The molecule has 0 saturated heterocycles. The Morgan fingerprint density at radius 2 is 1.77 bits per heavy atom. The second kappa shape index (κ2) is 7.99. The third kappa shape index (κ3) is 4.74. The first-order valence-corrected chi connectivity index (χ1v) is 7.42. The van der Waals surface area contributed by atoms with Crippen molar-refractivity contribution < 1.29 is 4.79 Å². The Morgan fingerprint density at radius 1 is 1.05 bits per heavy atom. The molecule has 1 amide bonds. The van der Waals surface area contributed by atoms with Crippen LogP contribution in [0.2, 0.25) is 0 Å². The maximum Gasteiger partial charge on any atom is 0.244 e. The number of rotatable bonds is 5. The maximum absolute atomic E-state index is 11.7. The molecule has 0 spiro atoms. The van der Waals surface area contributed by atoms with E-state index in [4.69, 9.17) is 0 Å². The second-order valence-electron chi connectivity index (χ2n) is 5.17. The van der Waals surface area contributed by atoms with Gasteiger partial charge in [0.05, 0.1) is 0 Å². The van der Waals surface area contributed by atoms with Crippen molar-refractivity contribution >= 4 is 5.91 Å². The molecule has 2 aromatic rings. The minimum atomic E-state index is -0.0842. The minimum Gasteiger partial charge on any atom is -0.348 e. The lowest BCUT2D eigenvalue weighted by Crippen LogP contribution is -2.20. The highest BCUT2D eigenvalue weighted by molar-refractivity contribution is 5.87. The average molecular weight is 291 g/mol. The summed E-state index contributed by atoms with van der Waals surface area (Å²) in [5.74, 6) is -0.0842. The largest absolute Gasteiger partial charge is 0.348 e. The van der Waals surface area contributed by atoms with Crippen LogP contribution in [0.25, 0.3) is 11.1 Å². The van der Waals surface area contributed by atoms with Gasteiger partial charge in [0.25, 0.3) is 0 Å². The van der Waals surface area contributed by atoms with Gasteiger partial charge in [-0.15, -0.1) is 0 Å². The number of nitrogens with one attached hydrogen (secondary N) is 1.